The van der Waals surface area contributed by atoms with Crippen molar-refractivity contribution in [1.82, 2.24) is 10.2 Å². The van der Waals surface area contributed by atoms with Crippen LogP contribution in [-0.2, 0) is 13.0 Å². The molecule has 1 aliphatic heterocycles. The van der Waals surface area contributed by atoms with Gasteiger partial charge in [0.1, 0.15) is 0 Å². The Bertz CT molecular complexity index is 967. The minimum atomic E-state index is -0.263. The molecule has 0 saturated heterocycles. The van der Waals surface area contributed by atoms with Gasteiger partial charge in [-0.25, -0.2) is 0 Å². The van der Waals surface area contributed by atoms with E-state index in [9.17, 15) is 4.79 Å². The highest BCUT2D eigenvalue weighted by Gasteiger charge is 2.18. The molecule has 28 heavy (non-hydrogen) atoms. The van der Waals surface area contributed by atoms with E-state index in [2.05, 4.69) is 44.7 Å². The summed E-state index contributed by atoms with van der Waals surface area (Å²) in [6.45, 7) is 1.71. The molecular weight excluding hydrogens is 350 g/mol. The largest absolute Gasteiger partial charge is 0.378 e. The third-order valence-corrected chi connectivity index (χ3v) is 4.98. The Morgan fingerprint density at radius 2 is 1.71 bits per heavy atom. The maximum absolute atomic E-state index is 12.4. The van der Waals surface area contributed by atoms with E-state index in [0.29, 0.717) is 5.69 Å². The first-order valence-electron chi connectivity index (χ1n) is 9.34. The van der Waals surface area contributed by atoms with Crippen molar-refractivity contribution in [1.29, 1.82) is 0 Å². The number of amides is 1. The molecule has 2 heterocycles. The van der Waals surface area contributed by atoms with Crippen LogP contribution < -0.4 is 15.1 Å². The Labute approximate surface area is 164 Å². The maximum Gasteiger partial charge on any atom is 0.276 e. The second kappa shape index (κ2) is 7.68. The second-order valence-corrected chi connectivity index (χ2v) is 7.11. The second-order valence-electron chi connectivity index (χ2n) is 7.11. The van der Waals surface area contributed by atoms with E-state index in [1.807, 2.05) is 49.3 Å². The van der Waals surface area contributed by atoms with Gasteiger partial charge in [0.05, 0.1) is 0 Å². The van der Waals surface area contributed by atoms with Crippen molar-refractivity contribution in [3.05, 3.63) is 77.5 Å². The lowest BCUT2D eigenvalue weighted by atomic mass is 10.00. The summed E-state index contributed by atoms with van der Waals surface area (Å²) in [5.41, 5.74) is 4.82. The van der Waals surface area contributed by atoms with E-state index < -0.39 is 0 Å². The zero-order valence-corrected chi connectivity index (χ0v) is 16.1. The van der Waals surface area contributed by atoms with E-state index >= 15 is 0 Å². The molecule has 1 aromatic heterocycles. The van der Waals surface area contributed by atoms with Crippen molar-refractivity contribution in [2.75, 3.05) is 35.8 Å². The van der Waals surface area contributed by atoms with E-state index in [1.165, 1.54) is 11.1 Å². The van der Waals surface area contributed by atoms with Gasteiger partial charge in [0.2, 0.25) is 0 Å². The molecule has 0 fully saturated rings. The fraction of sp³-hybridized carbons (Fsp3) is 0.227. The molecule has 142 valence electrons. The van der Waals surface area contributed by atoms with Crippen LogP contribution in [0, 0.1) is 0 Å². The summed E-state index contributed by atoms with van der Waals surface area (Å²) in [6, 6.07) is 19.7. The number of hydrogen-bond acceptors (Lipinski definition) is 5. The molecule has 0 atom stereocenters. The SMILES string of the molecule is CN(C)c1ccc(NC(=O)c2ccc(N3CCc4ccccc4C3)nn2)cc1. The molecule has 0 saturated carbocycles. The van der Waals surface area contributed by atoms with Crippen LogP contribution in [0.1, 0.15) is 21.6 Å². The predicted molar refractivity (Wildman–Crippen MR) is 112 cm³/mol. The molecule has 0 radical (unpaired) electrons. The van der Waals surface area contributed by atoms with Crippen molar-refractivity contribution in [3.63, 3.8) is 0 Å². The number of aromatic nitrogens is 2. The molecule has 1 aliphatic rings. The van der Waals surface area contributed by atoms with Crippen LogP contribution in [0.2, 0.25) is 0 Å². The lowest BCUT2D eigenvalue weighted by molar-refractivity contribution is 0.102. The van der Waals surface area contributed by atoms with Gasteiger partial charge in [-0.05, 0) is 53.9 Å². The molecule has 3 aromatic rings. The standard InChI is InChI=1S/C22H23N5O/c1-26(2)19-9-7-18(8-10-19)23-22(28)20-11-12-21(25-24-20)27-14-13-16-5-3-4-6-17(16)15-27/h3-12H,13-15H2,1-2H3,(H,23,28). The van der Waals surface area contributed by atoms with Gasteiger partial charge in [-0.3, -0.25) is 4.79 Å². The Kier molecular flexibility index (Phi) is 4.93. The molecule has 0 aliphatic carbocycles. The predicted octanol–water partition coefficient (Wildman–Crippen LogP) is 3.36. The monoisotopic (exact) mass is 373 g/mol. The fourth-order valence-electron chi connectivity index (χ4n) is 3.34. The highest BCUT2D eigenvalue weighted by molar-refractivity contribution is 6.02. The van der Waals surface area contributed by atoms with Crippen molar-refractivity contribution in [3.8, 4) is 0 Å². The molecule has 6 nitrogen and oxygen atoms in total. The lowest BCUT2D eigenvalue weighted by Gasteiger charge is -2.29. The van der Waals surface area contributed by atoms with E-state index in [4.69, 9.17) is 0 Å². The third-order valence-electron chi connectivity index (χ3n) is 4.98. The molecular formula is C22H23N5O. The lowest BCUT2D eigenvalue weighted by Crippen LogP contribution is -2.31. The number of benzene rings is 2. The average Bonchev–Trinajstić information content (AvgIpc) is 2.74. The van der Waals surface area contributed by atoms with Crippen molar-refractivity contribution >= 4 is 23.1 Å². The number of carbonyl (C=O) groups is 1. The van der Waals surface area contributed by atoms with Crippen molar-refractivity contribution in [2.45, 2.75) is 13.0 Å². The van der Waals surface area contributed by atoms with Crippen molar-refractivity contribution < 1.29 is 4.79 Å². The zero-order valence-electron chi connectivity index (χ0n) is 16.1. The molecule has 6 heteroatoms. The molecule has 1 amide bonds. The quantitative estimate of drug-likeness (QED) is 0.760. The van der Waals surface area contributed by atoms with Crippen LogP contribution in [0.15, 0.2) is 60.7 Å². The van der Waals surface area contributed by atoms with Gasteiger partial charge in [0.25, 0.3) is 5.91 Å². The normalized spacial score (nSPS) is 13.0. The van der Waals surface area contributed by atoms with Crippen LogP contribution in [0.25, 0.3) is 0 Å². The van der Waals surface area contributed by atoms with Gasteiger partial charge in [-0.15, -0.1) is 10.2 Å². The molecule has 0 bridgehead atoms. The third kappa shape index (κ3) is 3.81. The fourth-order valence-corrected chi connectivity index (χ4v) is 3.34. The maximum atomic E-state index is 12.4. The van der Waals surface area contributed by atoms with Crippen LogP contribution in [0.4, 0.5) is 17.2 Å². The summed E-state index contributed by atoms with van der Waals surface area (Å²) in [7, 11) is 3.96. The summed E-state index contributed by atoms with van der Waals surface area (Å²) < 4.78 is 0. The minimum absolute atomic E-state index is 0.263. The van der Waals surface area contributed by atoms with Crippen LogP contribution in [0.5, 0.6) is 0 Å². The molecule has 0 unspecified atom stereocenters. The Morgan fingerprint density at radius 1 is 0.964 bits per heavy atom. The smallest absolute Gasteiger partial charge is 0.276 e. The van der Waals surface area contributed by atoms with Crippen LogP contribution in [-0.4, -0.2) is 36.7 Å². The minimum Gasteiger partial charge on any atom is -0.378 e. The Hall–Kier alpha value is -3.41. The number of rotatable bonds is 4. The van der Waals surface area contributed by atoms with E-state index in [-0.39, 0.29) is 5.91 Å². The van der Waals surface area contributed by atoms with Crippen molar-refractivity contribution in [2.24, 2.45) is 0 Å². The number of anilines is 3. The zero-order chi connectivity index (χ0) is 19.5. The first-order valence-corrected chi connectivity index (χ1v) is 9.34. The summed E-state index contributed by atoms with van der Waals surface area (Å²) >= 11 is 0. The molecule has 0 spiro atoms. The average molecular weight is 373 g/mol. The van der Waals surface area contributed by atoms with E-state index in [1.54, 1.807) is 6.07 Å². The van der Waals surface area contributed by atoms with Crippen LogP contribution >= 0.6 is 0 Å². The number of nitrogens with one attached hydrogen (secondary N) is 1. The van der Waals surface area contributed by atoms with Gasteiger partial charge >= 0.3 is 0 Å². The van der Waals surface area contributed by atoms with E-state index in [0.717, 1.165) is 36.7 Å². The topological polar surface area (TPSA) is 61.4 Å². The summed E-state index contributed by atoms with van der Waals surface area (Å²) in [5, 5.41) is 11.3. The van der Waals surface area contributed by atoms with Crippen LogP contribution in [0.3, 0.4) is 0 Å². The van der Waals surface area contributed by atoms with Gasteiger partial charge in [0, 0.05) is 38.6 Å². The number of nitrogens with zero attached hydrogens (tertiary/aromatic N) is 4. The number of hydrogen-bond donors (Lipinski definition) is 1. The molecule has 1 N–H and O–H groups in total. The number of fused-ring (bicyclic) bond motifs is 1. The molecule has 4 rings (SSSR count). The Morgan fingerprint density at radius 3 is 2.39 bits per heavy atom. The van der Waals surface area contributed by atoms with Gasteiger partial charge in [-0.2, -0.15) is 0 Å². The first kappa shape index (κ1) is 18.0. The molecule has 2 aromatic carbocycles. The Balaban J connectivity index is 1.42. The van der Waals surface area contributed by atoms with Gasteiger partial charge in [-0.1, -0.05) is 24.3 Å². The first-order chi connectivity index (χ1) is 13.6. The summed E-state index contributed by atoms with van der Waals surface area (Å²) in [6.07, 6.45) is 0.989. The summed E-state index contributed by atoms with van der Waals surface area (Å²) in [5.74, 6) is 0.530. The number of carbonyl (C=O) groups excluding carboxylic acids is 1. The summed E-state index contributed by atoms with van der Waals surface area (Å²) in [4.78, 5) is 16.6. The highest BCUT2D eigenvalue weighted by Crippen LogP contribution is 2.22. The van der Waals surface area contributed by atoms with Gasteiger partial charge in [0.15, 0.2) is 11.5 Å². The highest BCUT2D eigenvalue weighted by atomic mass is 16.1. The van der Waals surface area contributed by atoms with Gasteiger partial charge < -0.3 is 15.1 Å².